The Bertz CT molecular complexity index is 1530. The van der Waals surface area contributed by atoms with Crippen LogP contribution in [0.15, 0.2) is 41.2 Å². The van der Waals surface area contributed by atoms with Crippen LogP contribution in [-0.4, -0.2) is 71.7 Å². The van der Waals surface area contributed by atoms with Crippen molar-refractivity contribution in [1.29, 1.82) is 0 Å². The van der Waals surface area contributed by atoms with Crippen molar-refractivity contribution in [3.05, 3.63) is 63.0 Å². The third-order valence-corrected chi connectivity index (χ3v) is 8.87. The van der Waals surface area contributed by atoms with E-state index in [0.717, 1.165) is 11.0 Å². The first-order valence-electron chi connectivity index (χ1n) is 13.5. The summed E-state index contributed by atoms with van der Waals surface area (Å²) in [6, 6.07) is 10.8. The van der Waals surface area contributed by atoms with Gasteiger partial charge >= 0.3 is 5.69 Å². The summed E-state index contributed by atoms with van der Waals surface area (Å²) in [5.41, 5.74) is 3.13. The van der Waals surface area contributed by atoms with Gasteiger partial charge in [0.05, 0.1) is 23.0 Å². The molecule has 4 rings (SSSR count). The quantitative estimate of drug-likeness (QED) is 0.458. The van der Waals surface area contributed by atoms with E-state index in [1.54, 1.807) is 44.4 Å². The first kappa shape index (κ1) is 29.2. The van der Waals surface area contributed by atoms with Gasteiger partial charge in [0.25, 0.3) is 5.91 Å². The Morgan fingerprint density at radius 1 is 0.949 bits per heavy atom. The predicted octanol–water partition coefficient (Wildman–Crippen LogP) is 4.02. The SMILES string of the molecule is CCn1c(=O)n(CC)c2cc(C(=O)N3CCN(C(C)C)CCCN(S(C)(=O)=O)c4cc(Cl)ccc4C3)ccc21. The summed E-state index contributed by atoms with van der Waals surface area (Å²) < 4.78 is 30.5. The maximum absolute atomic E-state index is 14.0. The summed E-state index contributed by atoms with van der Waals surface area (Å²) in [5.74, 6) is -0.175. The van der Waals surface area contributed by atoms with Gasteiger partial charge in [-0.2, -0.15) is 0 Å². The van der Waals surface area contributed by atoms with Crippen molar-refractivity contribution in [3.8, 4) is 0 Å². The molecule has 0 spiro atoms. The van der Waals surface area contributed by atoms with E-state index in [0.29, 0.717) is 67.5 Å². The van der Waals surface area contributed by atoms with Crippen LogP contribution in [0.25, 0.3) is 11.0 Å². The van der Waals surface area contributed by atoms with Crippen molar-refractivity contribution in [2.24, 2.45) is 0 Å². The molecule has 0 fully saturated rings. The second-order valence-corrected chi connectivity index (χ2v) is 12.6. The molecule has 1 aliphatic rings. The summed E-state index contributed by atoms with van der Waals surface area (Å²) in [5, 5.41) is 0.433. The fourth-order valence-electron chi connectivity index (χ4n) is 5.37. The molecule has 0 N–H and O–H groups in total. The molecule has 11 heteroatoms. The molecule has 39 heavy (non-hydrogen) atoms. The first-order valence-corrected chi connectivity index (χ1v) is 15.7. The first-order chi connectivity index (χ1) is 18.5. The Morgan fingerprint density at radius 3 is 2.28 bits per heavy atom. The molecule has 9 nitrogen and oxygen atoms in total. The van der Waals surface area contributed by atoms with Crippen LogP contribution >= 0.6 is 11.6 Å². The Labute approximate surface area is 235 Å². The highest BCUT2D eigenvalue weighted by molar-refractivity contribution is 7.92. The second-order valence-electron chi connectivity index (χ2n) is 10.3. The summed E-state index contributed by atoms with van der Waals surface area (Å²) in [6.07, 6.45) is 1.84. The fourth-order valence-corrected chi connectivity index (χ4v) is 6.52. The van der Waals surface area contributed by atoms with Crippen LogP contribution in [0, 0.1) is 0 Å². The zero-order valence-corrected chi connectivity index (χ0v) is 24.9. The van der Waals surface area contributed by atoms with Gasteiger partial charge < -0.3 is 4.90 Å². The molecule has 0 saturated carbocycles. The number of halogens is 1. The van der Waals surface area contributed by atoms with Crippen molar-refractivity contribution >= 4 is 44.3 Å². The largest absolute Gasteiger partial charge is 0.333 e. The maximum Gasteiger partial charge on any atom is 0.329 e. The van der Waals surface area contributed by atoms with Gasteiger partial charge in [-0.3, -0.25) is 23.1 Å². The lowest BCUT2D eigenvalue weighted by atomic mass is 10.1. The standard InChI is InChI=1S/C28H38ClN5O4S/c1-6-32-24-12-10-21(17-26(24)33(7-2)28(32)36)27(35)31-16-15-30(20(3)4)13-8-14-34(39(5,37)38)25-18-23(29)11-9-22(25)19-31/h9-12,17-18,20H,6-8,13-16,19H2,1-5H3. The van der Waals surface area contributed by atoms with E-state index >= 15 is 0 Å². The summed E-state index contributed by atoms with van der Waals surface area (Å²) in [7, 11) is -3.58. The Kier molecular flexibility index (Phi) is 8.78. The Hall–Kier alpha value is -2.82. The molecular weight excluding hydrogens is 538 g/mol. The maximum atomic E-state index is 14.0. The van der Waals surface area contributed by atoms with Gasteiger partial charge in [0.1, 0.15) is 0 Å². The van der Waals surface area contributed by atoms with Crippen LogP contribution < -0.4 is 9.99 Å². The van der Waals surface area contributed by atoms with E-state index < -0.39 is 10.0 Å². The molecule has 3 aromatic rings. The number of anilines is 1. The number of nitrogens with zero attached hydrogens (tertiary/aromatic N) is 5. The van der Waals surface area contributed by atoms with E-state index in [1.165, 1.54) is 10.6 Å². The summed E-state index contributed by atoms with van der Waals surface area (Å²) in [6.45, 7) is 11.5. The molecule has 0 saturated heterocycles. The number of hydrogen-bond acceptors (Lipinski definition) is 5. The number of rotatable bonds is 5. The van der Waals surface area contributed by atoms with Gasteiger partial charge in [0.15, 0.2) is 0 Å². The molecule has 2 heterocycles. The van der Waals surface area contributed by atoms with Crippen molar-refractivity contribution < 1.29 is 13.2 Å². The number of amides is 1. The zero-order chi connectivity index (χ0) is 28.5. The van der Waals surface area contributed by atoms with Crippen LogP contribution in [-0.2, 0) is 29.7 Å². The van der Waals surface area contributed by atoms with Crippen LogP contribution in [0.3, 0.4) is 0 Å². The molecule has 1 amide bonds. The minimum absolute atomic E-state index is 0.0888. The van der Waals surface area contributed by atoms with Gasteiger partial charge in [-0.1, -0.05) is 17.7 Å². The number of benzene rings is 2. The lowest BCUT2D eigenvalue weighted by Gasteiger charge is -2.30. The van der Waals surface area contributed by atoms with E-state index in [2.05, 4.69) is 18.7 Å². The van der Waals surface area contributed by atoms with Crippen molar-refractivity contribution in [3.63, 3.8) is 0 Å². The molecule has 0 atom stereocenters. The monoisotopic (exact) mass is 575 g/mol. The predicted molar refractivity (Wildman–Crippen MR) is 157 cm³/mol. The van der Waals surface area contributed by atoms with Crippen LogP contribution in [0.4, 0.5) is 5.69 Å². The number of hydrogen-bond donors (Lipinski definition) is 0. The zero-order valence-electron chi connectivity index (χ0n) is 23.4. The van der Waals surface area contributed by atoms with Crippen molar-refractivity contribution in [2.45, 2.75) is 59.8 Å². The van der Waals surface area contributed by atoms with Gasteiger partial charge in [-0.05, 0) is 70.0 Å². The lowest BCUT2D eigenvalue weighted by Crippen LogP contribution is -2.41. The lowest BCUT2D eigenvalue weighted by molar-refractivity contribution is 0.0712. The normalized spacial score (nSPS) is 16.0. The Balaban J connectivity index is 1.81. The summed E-state index contributed by atoms with van der Waals surface area (Å²) in [4.78, 5) is 30.9. The average Bonchev–Trinajstić information content (AvgIpc) is 3.13. The molecule has 212 valence electrons. The van der Waals surface area contributed by atoms with Gasteiger partial charge in [-0.15, -0.1) is 0 Å². The highest BCUT2D eigenvalue weighted by atomic mass is 35.5. The molecule has 2 aromatic carbocycles. The van der Waals surface area contributed by atoms with E-state index in [-0.39, 0.29) is 24.2 Å². The minimum Gasteiger partial charge on any atom is -0.333 e. The van der Waals surface area contributed by atoms with E-state index in [1.807, 2.05) is 19.9 Å². The van der Waals surface area contributed by atoms with Crippen LogP contribution in [0.5, 0.6) is 0 Å². The fraction of sp³-hybridized carbons (Fsp3) is 0.500. The number of fused-ring (bicyclic) bond motifs is 2. The van der Waals surface area contributed by atoms with Gasteiger partial charge in [0.2, 0.25) is 10.0 Å². The highest BCUT2D eigenvalue weighted by Crippen LogP contribution is 2.29. The van der Waals surface area contributed by atoms with Gasteiger partial charge in [0, 0.05) is 62.4 Å². The second kappa shape index (κ2) is 11.7. The number of aromatic nitrogens is 2. The average molecular weight is 576 g/mol. The van der Waals surface area contributed by atoms with E-state index in [4.69, 9.17) is 11.6 Å². The van der Waals surface area contributed by atoms with Crippen LogP contribution in [0.1, 0.15) is 50.0 Å². The number of imidazole rings is 1. The molecular formula is C28H38ClN5O4S. The number of carbonyl (C=O) groups excluding carboxylic acids is 1. The third kappa shape index (κ3) is 6.02. The number of carbonyl (C=O) groups is 1. The summed E-state index contributed by atoms with van der Waals surface area (Å²) >= 11 is 6.32. The Morgan fingerprint density at radius 2 is 1.64 bits per heavy atom. The number of aryl methyl sites for hydroxylation is 2. The van der Waals surface area contributed by atoms with Gasteiger partial charge in [-0.25, -0.2) is 13.2 Å². The van der Waals surface area contributed by atoms with E-state index in [9.17, 15) is 18.0 Å². The topological polar surface area (TPSA) is 87.9 Å². The molecule has 0 aliphatic carbocycles. The third-order valence-electron chi connectivity index (χ3n) is 7.46. The van der Waals surface area contributed by atoms with Crippen molar-refractivity contribution in [2.75, 3.05) is 36.7 Å². The molecule has 0 radical (unpaired) electrons. The molecule has 0 unspecified atom stereocenters. The smallest absolute Gasteiger partial charge is 0.329 e. The molecule has 1 aromatic heterocycles. The molecule has 0 bridgehead atoms. The van der Waals surface area contributed by atoms with Crippen molar-refractivity contribution in [1.82, 2.24) is 18.9 Å². The number of sulfonamides is 1. The molecule has 1 aliphatic heterocycles. The van der Waals surface area contributed by atoms with Crippen LogP contribution in [0.2, 0.25) is 5.02 Å². The minimum atomic E-state index is -3.58. The highest BCUT2D eigenvalue weighted by Gasteiger charge is 2.26.